The van der Waals surface area contributed by atoms with Gasteiger partial charge in [-0.15, -0.1) is 11.8 Å². The topological polar surface area (TPSA) is 85.4 Å². The zero-order chi connectivity index (χ0) is 22.8. The number of hydrogen-bond acceptors (Lipinski definition) is 7. The number of ether oxygens (including phenoxy) is 2. The van der Waals surface area contributed by atoms with Gasteiger partial charge in [-0.25, -0.2) is 5.06 Å². The molecule has 170 valence electrons. The lowest BCUT2D eigenvalue weighted by Crippen LogP contribution is -2.74. The first-order chi connectivity index (χ1) is 14.6. The number of β-lactam (4-membered cyclic amide) rings is 1. The number of carbonyl (C=O) groups is 3. The number of fused-ring (bicyclic) bond motifs is 1. The van der Waals surface area contributed by atoms with E-state index in [4.69, 9.17) is 49.1 Å². The molecule has 2 aliphatic heterocycles. The molecule has 3 atom stereocenters. The van der Waals surface area contributed by atoms with E-state index in [1.54, 1.807) is 31.2 Å². The monoisotopic (exact) mass is 510 g/mol. The average molecular weight is 512 g/mol. The number of para-hydroxylation sites is 1. The van der Waals surface area contributed by atoms with Crippen LogP contribution in [0.5, 0.6) is 5.75 Å². The highest BCUT2D eigenvalue weighted by Gasteiger charge is 2.59. The van der Waals surface area contributed by atoms with Gasteiger partial charge in [0, 0.05) is 12.3 Å². The van der Waals surface area contributed by atoms with Gasteiger partial charge in [0.05, 0.1) is 12.5 Å². The third kappa shape index (κ3) is 5.51. The summed E-state index contributed by atoms with van der Waals surface area (Å²) < 4.78 is 8.86. The SMILES string of the molecule is CON(C(=O)COc1ccccc1)C1C(=O)N2CC(C)(C(=O)OCC(Cl)(Cl)Cl)CS[C@H]12. The molecule has 12 heteroatoms. The van der Waals surface area contributed by atoms with Crippen molar-refractivity contribution in [3.05, 3.63) is 30.3 Å². The molecule has 0 bridgehead atoms. The number of thioether (sulfide) groups is 1. The molecule has 0 aliphatic carbocycles. The number of esters is 1. The van der Waals surface area contributed by atoms with E-state index in [0.717, 1.165) is 5.06 Å². The Morgan fingerprint density at radius 1 is 1.29 bits per heavy atom. The number of rotatable bonds is 7. The molecule has 8 nitrogen and oxygen atoms in total. The van der Waals surface area contributed by atoms with Crippen LogP contribution in [0.15, 0.2) is 30.3 Å². The van der Waals surface area contributed by atoms with E-state index in [9.17, 15) is 14.4 Å². The lowest BCUT2D eigenvalue weighted by atomic mass is 9.89. The largest absolute Gasteiger partial charge is 0.484 e. The van der Waals surface area contributed by atoms with E-state index in [0.29, 0.717) is 11.5 Å². The molecule has 2 amide bonds. The minimum Gasteiger partial charge on any atom is -0.484 e. The quantitative estimate of drug-likeness (QED) is 0.241. The maximum atomic E-state index is 12.8. The van der Waals surface area contributed by atoms with Crippen LogP contribution >= 0.6 is 46.6 Å². The van der Waals surface area contributed by atoms with Gasteiger partial charge in [0.15, 0.2) is 12.6 Å². The highest BCUT2D eigenvalue weighted by Crippen LogP contribution is 2.44. The Kier molecular flexibility index (Phi) is 7.53. The van der Waals surface area contributed by atoms with Crippen molar-refractivity contribution in [3.8, 4) is 5.75 Å². The van der Waals surface area contributed by atoms with Gasteiger partial charge in [0.2, 0.25) is 3.79 Å². The second-order valence-electron chi connectivity index (χ2n) is 7.37. The summed E-state index contributed by atoms with van der Waals surface area (Å²) in [6.45, 7) is 1.15. The number of amides is 2. The van der Waals surface area contributed by atoms with Crippen LogP contribution in [-0.2, 0) is 24.0 Å². The van der Waals surface area contributed by atoms with E-state index in [1.807, 2.05) is 6.07 Å². The van der Waals surface area contributed by atoms with Crippen LogP contribution in [0.2, 0.25) is 0 Å². The number of benzene rings is 1. The zero-order valence-corrected chi connectivity index (χ0v) is 19.8. The number of alkyl halides is 3. The molecule has 0 spiro atoms. The molecule has 31 heavy (non-hydrogen) atoms. The molecule has 2 fully saturated rings. The van der Waals surface area contributed by atoms with Crippen molar-refractivity contribution in [2.24, 2.45) is 5.41 Å². The van der Waals surface area contributed by atoms with Gasteiger partial charge in [0.1, 0.15) is 17.7 Å². The number of nitrogens with zero attached hydrogens (tertiary/aromatic N) is 2. The molecule has 2 saturated heterocycles. The predicted octanol–water partition coefficient (Wildman–Crippen LogP) is 2.66. The summed E-state index contributed by atoms with van der Waals surface area (Å²) in [4.78, 5) is 44.6. The summed E-state index contributed by atoms with van der Waals surface area (Å²) >= 11 is 18.3. The first-order valence-corrected chi connectivity index (χ1v) is 11.4. The van der Waals surface area contributed by atoms with Crippen molar-refractivity contribution in [3.63, 3.8) is 0 Å². The van der Waals surface area contributed by atoms with Crippen LogP contribution in [0.25, 0.3) is 0 Å². The molecule has 2 unspecified atom stereocenters. The van der Waals surface area contributed by atoms with Crippen LogP contribution in [0, 0.1) is 5.41 Å². The third-order valence-corrected chi connectivity index (χ3v) is 6.85. The van der Waals surface area contributed by atoms with Gasteiger partial charge >= 0.3 is 5.97 Å². The average Bonchev–Trinajstić information content (AvgIpc) is 2.74. The number of halogens is 3. The molecule has 1 aromatic rings. The maximum absolute atomic E-state index is 12.8. The van der Waals surface area contributed by atoms with Crippen molar-refractivity contribution in [1.29, 1.82) is 0 Å². The van der Waals surface area contributed by atoms with E-state index in [2.05, 4.69) is 0 Å². The highest BCUT2D eigenvalue weighted by molar-refractivity contribution is 8.00. The molecule has 0 saturated carbocycles. The van der Waals surface area contributed by atoms with Crippen molar-refractivity contribution in [2.45, 2.75) is 22.1 Å². The second kappa shape index (κ2) is 9.62. The normalized spacial score (nSPS) is 25.3. The molecular formula is C19H21Cl3N2O6S. The van der Waals surface area contributed by atoms with Crippen LogP contribution < -0.4 is 4.74 Å². The summed E-state index contributed by atoms with van der Waals surface area (Å²) in [7, 11) is 1.32. The molecule has 2 aliphatic rings. The maximum Gasteiger partial charge on any atom is 0.314 e. The van der Waals surface area contributed by atoms with Crippen molar-refractivity contribution >= 4 is 64.3 Å². The van der Waals surface area contributed by atoms with Crippen LogP contribution in [0.1, 0.15) is 6.92 Å². The Morgan fingerprint density at radius 3 is 2.58 bits per heavy atom. The van der Waals surface area contributed by atoms with E-state index in [-0.39, 0.29) is 31.0 Å². The first kappa shape index (κ1) is 24.3. The molecule has 0 radical (unpaired) electrons. The minimum absolute atomic E-state index is 0.130. The van der Waals surface area contributed by atoms with Crippen LogP contribution in [0.4, 0.5) is 0 Å². The van der Waals surface area contributed by atoms with E-state index >= 15 is 0 Å². The Hall–Kier alpha value is -1.39. The zero-order valence-electron chi connectivity index (χ0n) is 16.8. The molecule has 1 aromatic carbocycles. The van der Waals surface area contributed by atoms with Crippen molar-refractivity contribution in [2.75, 3.05) is 32.6 Å². The lowest BCUT2D eigenvalue weighted by Gasteiger charge is -2.55. The Balaban J connectivity index is 1.59. The molecule has 2 heterocycles. The summed E-state index contributed by atoms with van der Waals surface area (Å²) in [5.74, 6) is -0.474. The molecule has 3 rings (SSSR count). The van der Waals surface area contributed by atoms with Gasteiger partial charge in [-0.1, -0.05) is 53.0 Å². The fourth-order valence-corrected chi connectivity index (χ4v) is 4.98. The molecule has 0 N–H and O–H groups in total. The van der Waals surface area contributed by atoms with Gasteiger partial charge < -0.3 is 14.4 Å². The van der Waals surface area contributed by atoms with Gasteiger partial charge in [-0.3, -0.25) is 19.2 Å². The Morgan fingerprint density at radius 2 is 1.97 bits per heavy atom. The number of hydrogen-bond donors (Lipinski definition) is 0. The smallest absolute Gasteiger partial charge is 0.314 e. The molecular weight excluding hydrogens is 491 g/mol. The predicted molar refractivity (Wildman–Crippen MR) is 117 cm³/mol. The van der Waals surface area contributed by atoms with Gasteiger partial charge in [0.25, 0.3) is 11.8 Å². The Bertz CT molecular complexity index is 840. The summed E-state index contributed by atoms with van der Waals surface area (Å²) in [5, 5.41) is 0.686. The van der Waals surface area contributed by atoms with Crippen molar-refractivity contribution in [1.82, 2.24) is 9.96 Å². The standard InChI is InChI=1S/C19H21Cl3N2O6S/c1-18(17(27)30-10-19(20,21)22)9-23-15(26)14(16(23)31-11-18)24(28-2)13(25)8-29-12-6-4-3-5-7-12/h3-7,14,16H,8-11H2,1-2H3/t14?,16-,18?/m1/s1. The fourth-order valence-electron chi connectivity index (χ4n) is 3.30. The van der Waals surface area contributed by atoms with Crippen LogP contribution in [-0.4, -0.2) is 75.6 Å². The number of carbonyl (C=O) groups excluding carboxylic acids is 3. The molecule has 0 aromatic heterocycles. The summed E-state index contributed by atoms with van der Waals surface area (Å²) in [6, 6.07) is 8.05. The third-order valence-electron chi connectivity index (χ3n) is 4.87. The summed E-state index contributed by atoms with van der Waals surface area (Å²) in [6.07, 6.45) is 0. The van der Waals surface area contributed by atoms with E-state index in [1.165, 1.54) is 23.8 Å². The highest BCUT2D eigenvalue weighted by atomic mass is 35.6. The van der Waals surface area contributed by atoms with Crippen molar-refractivity contribution < 1.29 is 28.7 Å². The Labute approximate surface area is 198 Å². The van der Waals surface area contributed by atoms with Crippen LogP contribution in [0.3, 0.4) is 0 Å². The minimum atomic E-state index is -1.71. The first-order valence-electron chi connectivity index (χ1n) is 9.26. The van der Waals surface area contributed by atoms with E-state index < -0.39 is 27.1 Å². The lowest BCUT2D eigenvalue weighted by molar-refractivity contribution is -0.213. The number of hydroxylamine groups is 2. The van der Waals surface area contributed by atoms with Gasteiger partial charge in [-0.2, -0.15) is 0 Å². The fraction of sp³-hybridized carbons (Fsp3) is 0.526. The second-order valence-corrected chi connectivity index (χ2v) is 11.0. The van der Waals surface area contributed by atoms with Gasteiger partial charge in [-0.05, 0) is 19.1 Å². The summed E-state index contributed by atoms with van der Waals surface area (Å²) in [5.41, 5.74) is -0.962.